The molecule has 104 valence electrons. The summed E-state index contributed by atoms with van der Waals surface area (Å²) in [5.74, 6) is -0.476. The van der Waals surface area contributed by atoms with E-state index in [1.807, 2.05) is 6.07 Å². The molecule has 1 aliphatic heterocycles. The highest BCUT2D eigenvalue weighted by Crippen LogP contribution is 2.20. The van der Waals surface area contributed by atoms with Crippen LogP contribution in [0.4, 0.5) is 0 Å². The predicted octanol–water partition coefficient (Wildman–Crippen LogP) is 0.978. The van der Waals surface area contributed by atoms with E-state index in [9.17, 15) is 9.59 Å². The Bertz CT molecular complexity index is 557. The largest absolute Gasteiger partial charge is 0.469 e. The quantitative estimate of drug-likeness (QED) is 0.750. The van der Waals surface area contributed by atoms with Crippen LogP contribution in [0.5, 0.6) is 0 Å². The summed E-state index contributed by atoms with van der Waals surface area (Å²) in [6.07, 6.45) is 2.66. The van der Waals surface area contributed by atoms with E-state index in [4.69, 9.17) is 10.00 Å². The molecule has 0 spiro atoms. The fourth-order valence-electron chi connectivity index (χ4n) is 2.29. The van der Waals surface area contributed by atoms with E-state index in [-0.39, 0.29) is 23.5 Å². The molecule has 0 saturated carbocycles. The van der Waals surface area contributed by atoms with Gasteiger partial charge in [-0.05, 0) is 25.0 Å². The minimum Gasteiger partial charge on any atom is -0.469 e. The van der Waals surface area contributed by atoms with Gasteiger partial charge in [0.15, 0.2) is 0 Å². The van der Waals surface area contributed by atoms with Crippen molar-refractivity contribution in [3.63, 3.8) is 0 Å². The number of amides is 1. The number of aromatic nitrogens is 1. The molecule has 0 aliphatic carbocycles. The second-order valence-corrected chi connectivity index (χ2v) is 4.63. The SMILES string of the molecule is COC(=O)C1CCN(C(=O)c2ccnc(C#N)c2)CC1. The Labute approximate surface area is 117 Å². The first-order valence-corrected chi connectivity index (χ1v) is 6.39. The Morgan fingerprint density at radius 3 is 2.75 bits per heavy atom. The Morgan fingerprint density at radius 1 is 1.45 bits per heavy atom. The summed E-state index contributed by atoms with van der Waals surface area (Å²) in [6, 6.07) is 4.99. The van der Waals surface area contributed by atoms with E-state index >= 15 is 0 Å². The van der Waals surface area contributed by atoms with Gasteiger partial charge in [-0.1, -0.05) is 0 Å². The maximum atomic E-state index is 12.3. The van der Waals surface area contributed by atoms with Crippen molar-refractivity contribution >= 4 is 11.9 Å². The molecule has 2 heterocycles. The summed E-state index contributed by atoms with van der Waals surface area (Å²) < 4.78 is 4.71. The molecule has 1 aliphatic rings. The van der Waals surface area contributed by atoms with Crippen molar-refractivity contribution in [1.29, 1.82) is 5.26 Å². The Morgan fingerprint density at radius 2 is 2.15 bits per heavy atom. The van der Waals surface area contributed by atoms with Gasteiger partial charge in [0.25, 0.3) is 5.91 Å². The highest BCUT2D eigenvalue weighted by molar-refractivity contribution is 5.94. The second-order valence-electron chi connectivity index (χ2n) is 4.63. The van der Waals surface area contributed by atoms with Gasteiger partial charge < -0.3 is 9.64 Å². The minimum absolute atomic E-state index is 0.129. The fourth-order valence-corrected chi connectivity index (χ4v) is 2.29. The molecule has 6 heteroatoms. The summed E-state index contributed by atoms with van der Waals surface area (Å²) in [5, 5.41) is 8.79. The normalized spacial score (nSPS) is 15.5. The lowest BCUT2D eigenvalue weighted by molar-refractivity contribution is -0.146. The molecule has 2 rings (SSSR count). The van der Waals surface area contributed by atoms with Gasteiger partial charge >= 0.3 is 5.97 Å². The number of rotatable bonds is 2. The van der Waals surface area contributed by atoms with Gasteiger partial charge in [0.05, 0.1) is 13.0 Å². The molecule has 0 N–H and O–H groups in total. The number of nitriles is 1. The third kappa shape index (κ3) is 2.94. The van der Waals surface area contributed by atoms with Gasteiger partial charge in [-0.25, -0.2) is 4.98 Å². The highest BCUT2D eigenvalue weighted by Gasteiger charge is 2.28. The fraction of sp³-hybridized carbons (Fsp3) is 0.429. The molecule has 1 amide bonds. The minimum atomic E-state index is -0.215. The van der Waals surface area contributed by atoms with E-state index in [2.05, 4.69) is 4.98 Å². The van der Waals surface area contributed by atoms with E-state index in [0.29, 0.717) is 31.5 Å². The average molecular weight is 273 g/mol. The van der Waals surface area contributed by atoms with Gasteiger partial charge in [0.1, 0.15) is 11.8 Å². The Hall–Kier alpha value is -2.42. The lowest BCUT2D eigenvalue weighted by atomic mass is 9.96. The summed E-state index contributed by atoms with van der Waals surface area (Å²) in [7, 11) is 1.38. The second kappa shape index (κ2) is 6.15. The van der Waals surface area contributed by atoms with Crippen LogP contribution in [0.3, 0.4) is 0 Å². The zero-order valence-electron chi connectivity index (χ0n) is 11.2. The van der Waals surface area contributed by atoms with Gasteiger partial charge in [-0.15, -0.1) is 0 Å². The maximum Gasteiger partial charge on any atom is 0.308 e. The first-order chi connectivity index (χ1) is 9.65. The number of hydrogen-bond donors (Lipinski definition) is 0. The molecule has 0 bridgehead atoms. The number of piperidine rings is 1. The molecule has 0 aromatic carbocycles. The number of pyridine rings is 1. The molecule has 0 atom stereocenters. The van der Waals surface area contributed by atoms with E-state index < -0.39 is 0 Å². The topological polar surface area (TPSA) is 83.3 Å². The van der Waals surface area contributed by atoms with Crippen LogP contribution in [0.15, 0.2) is 18.3 Å². The van der Waals surface area contributed by atoms with Crippen LogP contribution in [0, 0.1) is 17.2 Å². The molecule has 0 unspecified atom stereocenters. The number of likely N-dealkylation sites (tertiary alicyclic amines) is 1. The first-order valence-electron chi connectivity index (χ1n) is 6.39. The van der Waals surface area contributed by atoms with Crippen molar-refractivity contribution in [2.75, 3.05) is 20.2 Å². The summed E-state index contributed by atoms with van der Waals surface area (Å²) >= 11 is 0. The molecular formula is C14H15N3O3. The number of nitrogens with zero attached hydrogens (tertiary/aromatic N) is 3. The van der Waals surface area contributed by atoms with Crippen molar-refractivity contribution in [2.24, 2.45) is 5.92 Å². The van der Waals surface area contributed by atoms with Crippen LogP contribution >= 0.6 is 0 Å². The van der Waals surface area contributed by atoms with Crippen LogP contribution in [-0.2, 0) is 9.53 Å². The van der Waals surface area contributed by atoms with Crippen LogP contribution in [0.25, 0.3) is 0 Å². The maximum absolute atomic E-state index is 12.3. The molecular weight excluding hydrogens is 258 g/mol. The molecule has 1 saturated heterocycles. The van der Waals surface area contributed by atoms with Crippen molar-refractivity contribution in [2.45, 2.75) is 12.8 Å². The number of esters is 1. The molecule has 20 heavy (non-hydrogen) atoms. The van der Waals surface area contributed by atoms with Crippen molar-refractivity contribution in [3.05, 3.63) is 29.6 Å². The lowest BCUT2D eigenvalue weighted by Crippen LogP contribution is -2.40. The van der Waals surface area contributed by atoms with Crippen LogP contribution in [-0.4, -0.2) is 42.0 Å². The van der Waals surface area contributed by atoms with Gasteiger partial charge in [0, 0.05) is 24.8 Å². The van der Waals surface area contributed by atoms with Crippen molar-refractivity contribution < 1.29 is 14.3 Å². The summed E-state index contributed by atoms with van der Waals surface area (Å²) in [5.41, 5.74) is 0.674. The summed E-state index contributed by atoms with van der Waals surface area (Å²) in [6.45, 7) is 1.03. The Balaban J connectivity index is 2.01. The number of carbonyl (C=O) groups is 2. The Kier molecular flexibility index (Phi) is 4.31. The number of carbonyl (C=O) groups excluding carboxylic acids is 2. The monoisotopic (exact) mass is 273 g/mol. The third-order valence-corrected chi connectivity index (χ3v) is 3.44. The smallest absolute Gasteiger partial charge is 0.308 e. The molecule has 1 aromatic rings. The zero-order valence-corrected chi connectivity index (χ0v) is 11.2. The van der Waals surface area contributed by atoms with E-state index in [0.717, 1.165) is 0 Å². The highest BCUT2D eigenvalue weighted by atomic mass is 16.5. The van der Waals surface area contributed by atoms with E-state index in [1.165, 1.54) is 19.4 Å². The van der Waals surface area contributed by atoms with Crippen molar-refractivity contribution in [3.8, 4) is 6.07 Å². The molecule has 0 radical (unpaired) electrons. The molecule has 1 fully saturated rings. The summed E-state index contributed by atoms with van der Waals surface area (Å²) in [4.78, 5) is 29.2. The van der Waals surface area contributed by atoms with Crippen LogP contribution in [0.1, 0.15) is 28.9 Å². The van der Waals surface area contributed by atoms with Crippen LogP contribution < -0.4 is 0 Å². The number of hydrogen-bond acceptors (Lipinski definition) is 5. The predicted molar refractivity (Wildman–Crippen MR) is 69.6 cm³/mol. The average Bonchev–Trinajstić information content (AvgIpc) is 2.53. The zero-order chi connectivity index (χ0) is 14.5. The van der Waals surface area contributed by atoms with Crippen molar-refractivity contribution in [1.82, 2.24) is 9.88 Å². The van der Waals surface area contributed by atoms with Gasteiger partial charge in [-0.2, -0.15) is 5.26 Å². The standard InChI is InChI=1S/C14H15N3O3/c1-20-14(19)10-3-6-17(7-4-10)13(18)11-2-5-16-12(8-11)9-15/h2,5,8,10H,3-4,6-7H2,1H3. The van der Waals surface area contributed by atoms with Gasteiger partial charge in [0.2, 0.25) is 0 Å². The van der Waals surface area contributed by atoms with E-state index in [1.54, 1.807) is 11.0 Å². The lowest BCUT2D eigenvalue weighted by Gasteiger charge is -2.30. The number of ether oxygens (including phenoxy) is 1. The third-order valence-electron chi connectivity index (χ3n) is 3.44. The van der Waals surface area contributed by atoms with Gasteiger partial charge in [-0.3, -0.25) is 9.59 Å². The molecule has 1 aromatic heterocycles. The number of methoxy groups -OCH3 is 1. The molecule has 6 nitrogen and oxygen atoms in total. The first kappa shape index (κ1) is 14.0. The van der Waals surface area contributed by atoms with Crippen LogP contribution in [0.2, 0.25) is 0 Å².